The molecule has 4 saturated carbocycles. The number of hydrogen-bond donors (Lipinski definition) is 0. The van der Waals surface area contributed by atoms with Gasteiger partial charge < -0.3 is 0 Å². The minimum Gasteiger partial charge on any atom is -0.257 e. The molecule has 8 nitrogen and oxygen atoms in total. The van der Waals surface area contributed by atoms with E-state index in [1.165, 1.54) is 285 Å². The molecule has 8 heterocycles. The van der Waals surface area contributed by atoms with E-state index in [9.17, 15) is 4.39 Å². The Kier molecular flexibility index (Phi) is 21.1. The van der Waals surface area contributed by atoms with E-state index in [-0.39, 0.29) is 27.5 Å². The zero-order valence-electron chi connectivity index (χ0n) is 83.1. The second-order valence-corrected chi connectivity index (χ2v) is 40.1. The quantitative estimate of drug-likeness (QED) is 0.142. The zero-order valence-corrected chi connectivity index (χ0v) is 80.1. The predicted octanol–water partition coefficient (Wildman–Crippen LogP) is 28.2. The maximum absolute atomic E-state index is 13.5. The van der Waals surface area contributed by atoms with E-state index in [0.29, 0.717) is 5.56 Å². The summed E-state index contributed by atoms with van der Waals surface area (Å²) in [5.41, 5.74) is 55.9. The van der Waals surface area contributed by atoms with Crippen LogP contribution in [-0.4, -0.2) is 19.9 Å². The second-order valence-electron chi connectivity index (χ2n) is 40.1. The van der Waals surface area contributed by atoms with Gasteiger partial charge in [-0.05, 0) is 283 Å². The van der Waals surface area contributed by atoms with Crippen LogP contribution in [0.4, 0.5) is 4.39 Å². The van der Waals surface area contributed by atoms with Crippen LogP contribution in [0.15, 0.2) is 261 Å². The van der Waals surface area contributed by atoms with Gasteiger partial charge in [-0.2, -0.15) is 0 Å². The molecule has 4 fully saturated rings. The fourth-order valence-electron chi connectivity index (χ4n) is 25.4. The van der Waals surface area contributed by atoms with Crippen LogP contribution in [0.1, 0.15) is 219 Å². The third kappa shape index (κ3) is 14.4. The summed E-state index contributed by atoms with van der Waals surface area (Å²) < 4.78 is 45.6. The van der Waals surface area contributed by atoms with Crippen molar-refractivity contribution in [1.82, 2.24) is 19.9 Å². The third-order valence-electron chi connectivity index (χ3n) is 31.7. The van der Waals surface area contributed by atoms with Gasteiger partial charge in [0.1, 0.15) is 34.0 Å². The lowest BCUT2D eigenvalue weighted by Gasteiger charge is -2.28. The van der Waals surface area contributed by atoms with Gasteiger partial charge in [0.05, 0.1) is 45.0 Å². The molecule has 0 radical (unpaired) electrons. The number of nitrogens with zero attached hydrogens (tertiary/aromatic N) is 8. The molecule has 0 N–H and O–H groups in total. The molecule has 8 aliphatic carbocycles. The molecule has 4 spiro atoms. The molecule has 0 amide bonds. The van der Waals surface area contributed by atoms with E-state index in [4.69, 9.17) is 24.0 Å². The van der Waals surface area contributed by atoms with Crippen LogP contribution in [0.5, 0.6) is 0 Å². The Bertz CT molecular complexity index is 7290. The number of hydrogen-bond acceptors (Lipinski definition) is 4. The molecule has 24 rings (SSSR count). The van der Waals surface area contributed by atoms with Gasteiger partial charge in [-0.15, -0.1) is 0 Å². The molecule has 0 unspecified atom stereocenters. The van der Waals surface area contributed by atoms with E-state index in [1.807, 2.05) is 24.3 Å². The average molecular weight is 1750 g/mol. The van der Waals surface area contributed by atoms with Gasteiger partial charge in [0.2, 0.25) is 22.8 Å². The van der Waals surface area contributed by atoms with Crippen LogP contribution < -0.4 is 18.3 Å². The number of fused-ring (bicyclic) bond motifs is 20. The summed E-state index contributed by atoms with van der Waals surface area (Å²) in [6.07, 6.45) is 28.5. The Labute approximate surface area is 790 Å². The summed E-state index contributed by atoms with van der Waals surface area (Å²) in [5.74, 6) is -0.205. The van der Waals surface area contributed by atoms with Crippen molar-refractivity contribution in [2.45, 2.75) is 207 Å². The van der Waals surface area contributed by atoms with Crippen LogP contribution in [0.3, 0.4) is 0 Å². The first kappa shape index (κ1) is 83.0. The average Bonchev–Trinajstić information content (AvgIpc) is 1.56. The van der Waals surface area contributed by atoms with Crippen LogP contribution in [0.25, 0.3) is 134 Å². The van der Waals surface area contributed by atoms with Crippen molar-refractivity contribution in [2.24, 2.45) is 28.2 Å². The molecule has 0 saturated heterocycles. The van der Waals surface area contributed by atoms with E-state index in [1.54, 1.807) is 12.1 Å². The Morgan fingerprint density at radius 3 is 0.805 bits per heavy atom. The monoisotopic (exact) mass is 1750 g/mol. The SMILES string of the molecule is Cc1ccc2c(n1)C1(CCCC1)c1c-2ccc(C)c1-c1cc(C)c(-c2ccc(F)cc2)c[n+]1C.Cc1ccc2c(n1)C1(CCCC1)c1c-2ccc(C)c1-c1cc(C)c(-c2ccccc2)c[n+]1C.Cc1ccc2c(n1)C1(CCCC1)c1c-2ccc(C)c1-c1cc(C)c(-c2ccccc2)c[n+]1C.[2H]C([2H])([2H])c1ccc(-c2ccc(-c3c(C)ccc4c3C3(CCCC3)c3nc(C)ccc3-4)[n+](C)c2)cc1. The van der Waals surface area contributed by atoms with Crippen molar-refractivity contribution >= 4 is 0 Å². The highest BCUT2D eigenvalue weighted by Crippen LogP contribution is 2.64. The van der Waals surface area contributed by atoms with E-state index < -0.39 is 6.85 Å². The van der Waals surface area contributed by atoms with Gasteiger partial charge in [-0.1, -0.05) is 227 Å². The van der Waals surface area contributed by atoms with Gasteiger partial charge in [-0.3, -0.25) is 19.9 Å². The van der Waals surface area contributed by atoms with Crippen molar-refractivity contribution in [3.8, 4) is 134 Å². The summed E-state index contributed by atoms with van der Waals surface area (Å²) in [7, 11) is 8.64. The lowest BCUT2D eigenvalue weighted by molar-refractivity contribution is -0.660. The Balaban J connectivity index is 0.000000109. The molecule has 16 aromatic rings. The highest BCUT2D eigenvalue weighted by Gasteiger charge is 2.54. The van der Waals surface area contributed by atoms with Gasteiger partial charge in [-0.25, -0.2) is 22.7 Å². The van der Waals surface area contributed by atoms with Crippen molar-refractivity contribution in [2.75, 3.05) is 0 Å². The maximum atomic E-state index is 13.5. The standard InChI is InChI=1S/C31H30FN2.3C31H31N2/c1-19-7-13-24-25-14-8-21(3)33-30(25)31(15-5-6-16-31)29(24)28(19)27-17-20(2)26(18-34(27)4)22-9-11-23(32)12-10-22;1-20-7-11-23(12-8-20)24-13-16-27(33(4)19-24)28-21(2)9-14-25-26-15-10-22(3)32-30(26)31(29(25)28)17-5-6-18-31;2*1-20-12-14-24-25-15-13-22(3)32-30(25)31(16-8-9-17-31)29(24)28(20)27-18-21(2)26(19-33(27)4)23-10-6-5-7-11-23/h7-14,17-18H,5-6,15-16H2,1-4H3;7-16,19H,5-6,17-18H2,1-4H3;2*5-7,10-15,18-19H,8-9,16-17H2,1-4H3/q4*+1/i;1D3;;. The molecule has 8 aliphatic rings. The molecule has 0 atom stereocenters. The molecule has 662 valence electrons. The number of aromatic nitrogens is 8. The van der Waals surface area contributed by atoms with E-state index in [0.717, 1.165) is 70.7 Å². The molecule has 0 bridgehead atoms. The normalized spacial score (nSPS) is 16.0. The fraction of sp³-hybridized carbons (Fsp3) is 0.290. The number of benzene rings is 8. The van der Waals surface area contributed by atoms with Gasteiger partial charge in [0, 0.05) is 117 Å². The zero-order chi connectivity index (χ0) is 94.3. The number of rotatable bonds is 8. The van der Waals surface area contributed by atoms with Gasteiger partial charge in [0.15, 0.2) is 24.8 Å². The second kappa shape index (κ2) is 33.9. The topological polar surface area (TPSA) is 67.1 Å². The van der Waals surface area contributed by atoms with E-state index >= 15 is 0 Å². The fourth-order valence-corrected chi connectivity index (χ4v) is 25.4. The first-order chi connectivity index (χ1) is 65.6. The highest BCUT2D eigenvalue weighted by molar-refractivity contribution is 5.93. The summed E-state index contributed by atoms with van der Waals surface area (Å²) in [5, 5.41) is 0. The van der Waals surface area contributed by atoms with Gasteiger partial charge in [0.25, 0.3) is 0 Å². The van der Waals surface area contributed by atoms with Crippen LogP contribution in [0.2, 0.25) is 0 Å². The lowest BCUT2D eigenvalue weighted by atomic mass is 9.75. The number of aryl methyl sites for hydroxylation is 16. The highest BCUT2D eigenvalue weighted by atomic mass is 19.1. The van der Waals surface area contributed by atoms with Crippen LogP contribution >= 0.6 is 0 Å². The first-order valence-electron chi connectivity index (χ1n) is 50.1. The smallest absolute Gasteiger partial charge is 0.213 e. The largest absolute Gasteiger partial charge is 0.257 e. The Morgan fingerprint density at radius 1 is 0.248 bits per heavy atom. The minimum absolute atomic E-state index is 0.00514. The minimum atomic E-state index is -2.08. The Hall–Kier alpha value is -13.1. The van der Waals surface area contributed by atoms with Crippen LogP contribution in [0, 0.1) is 88.8 Å². The third-order valence-corrected chi connectivity index (χ3v) is 31.7. The molecule has 9 heteroatoms. The molecule has 8 aromatic carbocycles. The molecule has 133 heavy (non-hydrogen) atoms. The van der Waals surface area contributed by atoms with Crippen molar-refractivity contribution in [3.05, 3.63) is 380 Å². The molecule has 0 aliphatic heterocycles. The summed E-state index contributed by atoms with van der Waals surface area (Å²) in [6, 6.07) is 83.2. The van der Waals surface area contributed by atoms with Crippen molar-refractivity contribution < 1.29 is 26.8 Å². The Morgan fingerprint density at radius 2 is 0.511 bits per heavy atom. The van der Waals surface area contributed by atoms with E-state index in [2.05, 4.69) is 335 Å². The summed E-state index contributed by atoms with van der Waals surface area (Å²) in [4.78, 5) is 20.6. The first-order valence-corrected chi connectivity index (χ1v) is 48.6. The maximum Gasteiger partial charge on any atom is 0.213 e. The summed E-state index contributed by atoms with van der Waals surface area (Å²) in [6.45, 7) is 22.0. The van der Waals surface area contributed by atoms with Crippen LogP contribution in [-0.2, 0) is 49.9 Å². The molecular weight excluding hydrogens is 1620 g/mol. The van der Waals surface area contributed by atoms with Gasteiger partial charge >= 0.3 is 0 Å². The van der Waals surface area contributed by atoms with Crippen molar-refractivity contribution in [3.63, 3.8) is 0 Å². The predicted molar refractivity (Wildman–Crippen MR) is 541 cm³/mol. The number of halogens is 1. The summed E-state index contributed by atoms with van der Waals surface area (Å²) >= 11 is 0. The lowest BCUT2D eigenvalue weighted by Crippen LogP contribution is -2.33. The number of pyridine rings is 8. The molecule has 8 aromatic heterocycles. The van der Waals surface area contributed by atoms with Crippen molar-refractivity contribution in [1.29, 1.82) is 0 Å². The molecular formula is C124H123FN8+4.